The van der Waals surface area contributed by atoms with Crippen LogP contribution in [0.1, 0.15) is 5.56 Å². The SMILES string of the molecule is CN(Cc1ccsc1)CC(O)COc1ccccc1. The Hall–Kier alpha value is -1.36. The number of aliphatic hydroxyl groups is 1. The van der Waals surface area contributed by atoms with Crippen LogP contribution in [0.2, 0.25) is 0 Å². The number of nitrogens with zero attached hydrogens (tertiary/aromatic N) is 1. The molecule has 19 heavy (non-hydrogen) atoms. The molecule has 2 aromatic rings. The zero-order chi connectivity index (χ0) is 13.5. The molecule has 1 N–H and O–H groups in total. The summed E-state index contributed by atoms with van der Waals surface area (Å²) in [4.78, 5) is 2.10. The van der Waals surface area contributed by atoms with Gasteiger partial charge in [-0.15, -0.1) is 0 Å². The summed E-state index contributed by atoms with van der Waals surface area (Å²) < 4.78 is 5.53. The van der Waals surface area contributed by atoms with E-state index in [0.717, 1.165) is 12.3 Å². The van der Waals surface area contributed by atoms with Gasteiger partial charge in [0.2, 0.25) is 0 Å². The van der Waals surface area contributed by atoms with Crippen LogP contribution in [0.3, 0.4) is 0 Å². The molecule has 0 bridgehead atoms. The minimum Gasteiger partial charge on any atom is -0.491 e. The lowest BCUT2D eigenvalue weighted by atomic mass is 10.3. The van der Waals surface area contributed by atoms with E-state index in [1.165, 1.54) is 5.56 Å². The van der Waals surface area contributed by atoms with Gasteiger partial charge in [0.1, 0.15) is 18.5 Å². The third kappa shape index (κ3) is 5.03. The number of hydrogen-bond donors (Lipinski definition) is 1. The summed E-state index contributed by atoms with van der Waals surface area (Å²) in [7, 11) is 2.00. The average molecular weight is 277 g/mol. The first-order valence-corrected chi connectivity index (χ1v) is 7.24. The standard InChI is InChI=1S/C15H19NO2S/c1-16(9-13-7-8-19-12-13)10-14(17)11-18-15-5-3-2-4-6-15/h2-8,12,14,17H,9-11H2,1H3. The van der Waals surface area contributed by atoms with Crippen molar-refractivity contribution in [3.63, 3.8) is 0 Å². The second kappa shape index (κ2) is 7.28. The van der Waals surface area contributed by atoms with Crippen LogP contribution in [0.5, 0.6) is 5.75 Å². The van der Waals surface area contributed by atoms with Gasteiger partial charge in [-0.1, -0.05) is 18.2 Å². The average Bonchev–Trinajstić information content (AvgIpc) is 2.90. The van der Waals surface area contributed by atoms with Gasteiger partial charge in [0.05, 0.1) is 0 Å². The lowest BCUT2D eigenvalue weighted by molar-refractivity contribution is 0.0744. The highest BCUT2D eigenvalue weighted by Crippen LogP contribution is 2.10. The number of likely N-dealkylation sites (N-methyl/N-ethyl adjacent to an activating group) is 1. The summed E-state index contributed by atoms with van der Waals surface area (Å²) in [6, 6.07) is 11.7. The maximum Gasteiger partial charge on any atom is 0.119 e. The van der Waals surface area contributed by atoms with Crippen molar-refractivity contribution in [1.82, 2.24) is 4.90 Å². The molecule has 4 heteroatoms. The van der Waals surface area contributed by atoms with Gasteiger partial charge in [-0.25, -0.2) is 0 Å². The first kappa shape index (κ1) is 14.1. The molecule has 1 atom stereocenters. The van der Waals surface area contributed by atoms with E-state index in [-0.39, 0.29) is 0 Å². The largest absolute Gasteiger partial charge is 0.491 e. The maximum atomic E-state index is 9.95. The van der Waals surface area contributed by atoms with Gasteiger partial charge in [0, 0.05) is 13.1 Å². The Bertz CT molecular complexity index is 458. The molecule has 1 aromatic heterocycles. The molecule has 1 aromatic carbocycles. The van der Waals surface area contributed by atoms with Crippen molar-refractivity contribution >= 4 is 11.3 Å². The van der Waals surface area contributed by atoms with Gasteiger partial charge < -0.3 is 9.84 Å². The van der Waals surface area contributed by atoms with Crippen LogP contribution in [0.4, 0.5) is 0 Å². The van der Waals surface area contributed by atoms with Gasteiger partial charge in [0.25, 0.3) is 0 Å². The van der Waals surface area contributed by atoms with E-state index in [0.29, 0.717) is 13.2 Å². The van der Waals surface area contributed by atoms with Crippen molar-refractivity contribution in [3.8, 4) is 5.75 Å². The Morgan fingerprint density at radius 1 is 1.26 bits per heavy atom. The van der Waals surface area contributed by atoms with Crippen molar-refractivity contribution < 1.29 is 9.84 Å². The lowest BCUT2D eigenvalue weighted by Gasteiger charge is -2.20. The Morgan fingerprint density at radius 3 is 2.74 bits per heavy atom. The molecule has 2 rings (SSSR count). The summed E-state index contributed by atoms with van der Waals surface area (Å²) in [6.07, 6.45) is -0.483. The van der Waals surface area contributed by atoms with E-state index in [9.17, 15) is 5.11 Å². The predicted molar refractivity (Wildman–Crippen MR) is 78.6 cm³/mol. The van der Waals surface area contributed by atoms with Gasteiger partial charge in [-0.2, -0.15) is 11.3 Å². The molecule has 0 spiro atoms. The van der Waals surface area contributed by atoms with Crippen LogP contribution in [0.15, 0.2) is 47.2 Å². The molecule has 1 unspecified atom stereocenters. The number of hydrogen-bond acceptors (Lipinski definition) is 4. The second-order valence-corrected chi connectivity index (χ2v) is 5.39. The van der Waals surface area contributed by atoms with Gasteiger partial charge in [0.15, 0.2) is 0 Å². The molecular weight excluding hydrogens is 258 g/mol. The molecule has 0 amide bonds. The molecule has 0 aliphatic carbocycles. The highest BCUT2D eigenvalue weighted by Gasteiger charge is 2.09. The Morgan fingerprint density at radius 2 is 2.05 bits per heavy atom. The smallest absolute Gasteiger partial charge is 0.119 e. The van der Waals surface area contributed by atoms with E-state index in [1.807, 2.05) is 37.4 Å². The minimum absolute atomic E-state index is 0.317. The molecule has 102 valence electrons. The fraction of sp³-hybridized carbons (Fsp3) is 0.333. The number of rotatable bonds is 7. The van der Waals surface area contributed by atoms with Crippen molar-refractivity contribution in [3.05, 3.63) is 52.7 Å². The van der Waals surface area contributed by atoms with Crippen molar-refractivity contribution in [1.29, 1.82) is 0 Å². The fourth-order valence-corrected chi connectivity index (χ4v) is 2.54. The van der Waals surface area contributed by atoms with Crippen LogP contribution < -0.4 is 4.74 Å². The van der Waals surface area contributed by atoms with E-state index in [1.54, 1.807) is 11.3 Å². The third-order valence-corrected chi connectivity index (χ3v) is 3.47. The first-order valence-electron chi connectivity index (χ1n) is 6.29. The fourth-order valence-electron chi connectivity index (χ4n) is 1.88. The molecule has 0 radical (unpaired) electrons. The zero-order valence-electron chi connectivity index (χ0n) is 11.0. The molecule has 0 aliphatic rings. The van der Waals surface area contributed by atoms with Crippen LogP contribution in [0, 0.1) is 0 Å². The third-order valence-electron chi connectivity index (χ3n) is 2.74. The van der Waals surface area contributed by atoms with Crippen LogP contribution in [0.25, 0.3) is 0 Å². The zero-order valence-corrected chi connectivity index (χ0v) is 11.8. The van der Waals surface area contributed by atoms with Crippen LogP contribution >= 0.6 is 11.3 Å². The Labute approximate surface area is 118 Å². The predicted octanol–water partition coefficient (Wildman–Crippen LogP) is 2.62. The lowest BCUT2D eigenvalue weighted by Crippen LogP contribution is -2.32. The quantitative estimate of drug-likeness (QED) is 0.844. The van der Waals surface area contributed by atoms with Crippen molar-refractivity contribution in [2.24, 2.45) is 0 Å². The van der Waals surface area contributed by atoms with Crippen molar-refractivity contribution in [2.75, 3.05) is 20.2 Å². The summed E-state index contributed by atoms with van der Waals surface area (Å²) in [5.74, 6) is 0.794. The maximum absolute atomic E-state index is 9.95. The second-order valence-electron chi connectivity index (χ2n) is 4.61. The van der Waals surface area contributed by atoms with Crippen LogP contribution in [-0.2, 0) is 6.54 Å². The van der Waals surface area contributed by atoms with E-state index in [2.05, 4.69) is 21.7 Å². The highest BCUT2D eigenvalue weighted by atomic mass is 32.1. The highest BCUT2D eigenvalue weighted by molar-refractivity contribution is 7.07. The molecule has 1 heterocycles. The van der Waals surface area contributed by atoms with E-state index in [4.69, 9.17) is 4.74 Å². The normalized spacial score (nSPS) is 12.6. The number of ether oxygens (including phenoxy) is 1. The summed E-state index contributed by atoms with van der Waals surface area (Å²) >= 11 is 1.69. The topological polar surface area (TPSA) is 32.7 Å². The molecule has 3 nitrogen and oxygen atoms in total. The number of thiophene rings is 1. The number of aliphatic hydroxyl groups excluding tert-OH is 1. The summed E-state index contributed by atoms with van der Waals surface area (Å²) in [5, 5.41) is 14.1. The Kier molecular flexibility index (Phi) is 5.39. The van der Waals surface area contributed by atoms with Gasteiger partial charge in [-0.3, -0.25) is 4.90 Å². The van der Waals surface area contributed by atoms with Crippen LogP contribution in [-0.4, -0.2) is 36.3 Å². The van der Waals surface area contributed by atoms with Crippen molar-refractivity contribution in [2.45, 2.75) is 12.6 Å². The molecule has 0 fully saturated rings. The van der Waals surface area contributed by atoms with E-state index < -0.39 is 6.10 Å². The first-order chi connectivity index (χ1) is 9.24. The minimum atomic E-state index is -0.483. The van der Waals surface area contributed by atoms with Gasteiger partial charge >= 0.3 is 0 Å². The molecule has 0 saturated heterocycles. The number of para-hydroxylation sites is 1. The molecule has 0 saturated carbocycles. The monoisotopic (exact) mass is 277 g/mol. The molecule has 0 aliphatic heterocycles. The van der Waals surface area contributed by atoms with Gasteiger partial charge in [-0.05, 0) is 41.6 Å². The van der Waals surface area contributed by atoms with E-state index >= 15 is 0 Å². The molecular formula is C15H19NO2S. The summed E-state index contributed by atoms with van der Waals surface area (Å²) in [6.45, 7) is 1.77. The Balaban J connectivity index is 1.70. The number of benzene rings is 1. The summed E-state index contributed by atoms with van der Waals surface area (Å²) in [5.41, 5.74) is 1.28.